The number of aromatic nitrogens is 1. The molecule has 0 saturated carbocycles. The molecule has 7 nitrogen and oxygen atoms in total. The van der Waals surface area contributed by atoms with Gasteiger partial charge in [-0.25, -0.2) is 12.8 Å². The zero-order valence-corrected chi connectivity index (χ0v) is 22.1. The fourth-order valence-electron chi connectivity index (χ4n) is 4.69. The monoisotopic (exact) mass is 532 g/mol. The number of halogens is 1. The van der Waals surface area contributed by atoms with Gasteiger partial charge in [-0.05, 0) is 66.9 Å². The van der Waals surface area contributed by atoms with E-state index in [0.717, 1.165) is 10.9 Å². The summed E-state index contributed by atoms with van der Waals surface area (Å²) in [6.07, 6.45) is 1.56. The largest absolute Gasteiger partial charge is 0.336 e. The quantitative estimate of drug-likeness (QED) is 0.388. The molecule has 0 aliphatic carbocycles. The van der Waals surface area contributed by atoms with Gasteiger partial charge in [0.15, 0.2) is 0 Å². The molecule has 4 aromatic rings. The molecule has 1 aromatic heterocycles. The van der Waals surface area contributed by atoms with Crippen molar-refractivity contribution in [3.05, 3.63) is 101 Å². The molecule has 5 rings (SSSR count). The number of nitrogens with zero attached hydrogens (tertiary/aromatic N) is 3. The van der Waals surface area contributed by atoms with Gasteiger partial charge in [-0.3, -0.25) is 19.4 Å². The smallest absolute Gasteiger partial charge is 0.264 e. The van der Waals surface area contributed by atoms with Gasteiger partial charge in [0.1, 0.15) is 10.7 Å². The molecule has 0 atom stereocenters. The highest BCUT2D eigenvalue weighted by molar-refractivity contribution is 7.93. The Kier molecular flexibility index (Phi) is 7.14. The van der Waals surface area contributed by atoms with Crippen molar-refractivity contribution in [2.24, 2.45) is 0 Å². The molecule has 1 amide bonds. The third kappa shape index (κ3) is 5.39. The van der Waals surface area contributed by atoms with Gasteiger partial charge in [0, 0.05) is 49.9 Å². The minimum absolute atomic E-state index is 0.0956. The van der Waals surface area contributed by atoms with Gasteiger partial charge in [0.05, 0.1) is 11.2 Å². The molecule has 0 bridgehead atoms. The number of carbonyl (C=O) groups is 1. The van der Waals surface area contributed by atoms with Crippen LogP contribution in [0.4, 0.5) is 10.1 Å². The number of rotatable bonds is 6. The second-order valence-electron chi connectivity index (χ2n) is 9.62. The number of nitrogens with one attached hydrogen (secondary N) is 1. The molecule has 0 spiro atoms. The van der Waals surface area contributed by atoms with Gasteiger partial charge in [-0.1, -0.05) is 30.3 Å². The Balaban J connectivity index is 1.24. The van der Waals surface area contributed by atoms with E-state index in [0.29, 0.717) is 60.6 Å². The maximum atomic E-state index is 13.9. The maximum absolute atomic E-state index is 13.9. The van der Waals surface area contributed by atoms with Crippen LogP contribution in [-0.4, -0.2) is 55.3 Å². The van der Waals surface area contributed by atoms with Gasteiger partial charge < -0.3 is 4.90 Å². The summed E-state index contributed by atoms with van der Waals surface area (Å²) in [5.41, 5.74) is 3.51. The zero-order valence-electron chi connectivity index (χ0n) is 21.3. The van der Waals surface area contributed by atoms with Crippen LogP contribution in [0.25, 0.3) is 10.9 Å². The highest BCUT2D eigenvalue weighted by Crippen LogP contribution is 2.26. The second-order valence-corrected chi connectivity index (χ2v) is 11.3. The Bertz CT molecular complexity index is 1610. The lowest BCUT2D eigenvalue weighted by molar-refractivity contribution is 0.0628. The van der Waals surface area contributed by atoms with Crippen LogP contribution in [0.5, 0.6) is 0 Å². The van der Waals surface area contributed by atoms with Gasteiger partial charge in [-0.2, -0.15) is 0 Å². The summed E-state index contributed by atoms with van der Waals surface area (Å²) in [7, 11) is -3.89. The lowest BCUT2D eigenvalue weighted by Gasteiger charge is -2.35. The van der Waals surface area contributed by atoms with Crippen LogP contribution >= 0.6 is 0 Å². The Hall–Kier alpha value is -3.82. The van der Waals surface area contributed by atoms with Crippen molar-refractivity contribution in [2.45, 2.75) is 25.3 Å². The Morgan fingerprint density at radius 3 is 2.45 bits per heavy atom. The van der Waals surface area contributed by atoms with E-state index in [1.807, 2.05) is 18.2 Å². The normalized spacial score (nSPS) is 14.6. The average Bonchev–Trinajstić information content (AvgIpc) is 2.91. The molecule has 1 saturated heterocycles. The molecule has 1 N–H and O–H groups in total. The van der Waals surface area contributed by atoms with Crippen LogP contribution in [0.3, 0.4) is 0 Å². The minimum Gasteiger partial charge on any atom is -0.336 e. The van der Waals surface area contributed by atoms with Crippen molar-refractivity contribution in [2.75, 3.05) is 30.9 Å². The number of aryl methyl sites for hydroxylation is 2. The summed E-state index contributed by atoms with van der Waals surface area (Å²) in [4.78, 5) is 21.5. The molecule has 1 aliphatic heterocycles. The van der Waals surface area contributed by atoms with Crippen LogP contribution < -0.4 is 4.72 Å². The van der Waals surface area contributed by atoms with E-state index >= 15 is 0 Å². The van der Waals surface area contributed by atoms with E-state index in [2.05, 4.69) is 14.6 Å². The molecule has 38 heavy (non-hydrogen) atoms. The van der Waals surface area contributed by atoms with E-state index in [9.17, 15) is 17.6 Å². The number of fused-ring (bicyclic) bond motifs is 1. The Morgan fingerprint density at radius 2 is 1.71 bits per heavy atom. The maximum Gasteiger partial charge on any atom is 0.264 e. The first-order valence-corrected chi connectivity index (χ1v) is 13.9. The number of sulfonamides is 1. The summed E-state index contributed by atoms with van der Waals surface area (Å²) < 4.78 is 42.9. The van der Waals surface area contributed by atoms with Crippen molar-refractivity contribution in [3.8, 4) is 0 Å². The third-order valence-electron chi connectivity index (χ3n) is 6.90. The summed E-state index contributed by atoms with van der Waals surface area (Å²) in [6.45, 7) is 6.67. The summed E-state index contributed by atoms with van der Waals surface area (Å²) in [5, 5.41) is 0.735. The van der Waals surface area contributed by atoms with Crippen molar-refractivity contribution in [1.82, 2.24) is 14.8 Å². The zero-order chi connectivity index (χ0) is 26.9. The molecule has 196 valence electrons. The van der Waals surface area contributed by atoms with E-state index < -0.39 is 10.0 Å². The predicted molar refractivity (Wildman–Crippen MR) is 146 cm³/mol. The fraction of sp³-hybridized carbons (Fsp3) is 0.241. The number of anilines is 1. The molecular weight excluding hydrogens is 503 g/mol. The number of para-hydroxylation sites is 1. The number of hydrogen-bond acceptors (Lipinski definition) is 5. The van der Waals surface area contributed by atoms with E-state index in [1.165, 1.54) is 6.07 Å². The van der Waals surface area contributed by atoms with Gasteiger partial charge in [0.25, 0.3) is 15.9 Å². The summed E-state index contributed by atoms with van der Waals surface area (Å²) in [6, 6.07) is 18.9. The fourth-order valence-corrected chi connectivity index (χ4v) is 6.00. The third-order valence-corrected chi connectivity index (χ3v) is 8.30. The number of amides is 1. The Labute approximate surface area is 222 Å². The molecule has 3 aromatic carbocycles. The minimum atomic E-state index is -3.89. The van der Waals surface area contributed by atoms with Crippen molar-refractivity contribution < 1.29 is 17.6 Å². The molecule has 9 heteroatoms. The van der Waals surface area contributed by atoms with Crippen molar-refractivity contribution in [3.63, 3.8) is 0 Å². The number of benzene rings is 3. The average molecular weight is 533 g/mol. The van der Waals surface area contributed by atoms with Crippen LogP contribution in [0.2, 0.25) is 0 Å². The van der Waals surface area contributed by atoms with E-state index in [1.54, 1.807) is 67.4 Å². The number of hydrogen-bond donors (Lipinski definition) is 1. The van der Waals surface area contributed by atoms with Gasteiger partial charge in [0.2, 0.25) is 0 Å². The molecule has 1 fully saturated rings. The number of piperazine rings is 1. The van der Waals surface area contributed by atoms with E-state index in [-0.39, 0.29) is 16.6 Å². The lowest BCUT2D eigenvalue weighted by atomic mass is 10.1. The van der Waals surface area contributed by atoms with Gasteiger partial charge >= 0.3 is 0 Å². The second kappa shape index (κ2) is 10.5. The van der Waals surface area contributed by atoms with Crippen LogP contribution in [-0.2, 0) is 16.6 Å². The van der Waals surface area contributed by atoms with Crippen LogP contribution in [0.1, 0.15) is 27.0 Å². The molecule has 0 radical (unpaired) electrons. The first kappa shape index (κ1) is 25.8. The first-order valence-electron chi connectivity index (χ1n) is 12.5. The SMILES string of the molecule is Cc1ccc(CN2CCN(C(=O)c3ccc(NS(=O)(=O)c4cccc5cccnc45)c(C)c3)CC2)cc1F. The van der Waals surface area contributed by atoms with E-state index in [4.69, 9.17) is 0 Å². The number of carbonyl (C=O) groups excluding carboxylic acids is 1. The van der Waals surface area contributed by atoms with Crippen LogP contribution in [0.15, 0.2) is 77.8 Å². The van der Waals surface area contributed by atoms with Crippen molar-refractivity contribution in [1.29, 1.82) is 0 Å². The topological polar surface area (TPSA) is 82.6 Å². The molecule has 2 heterocycles. The first-order chi connectivity index (χ1) is 18.2. The van der Waals surface area contributed by atoms with Gasteiger partial charge in [-0.15, -0.1) is 0 Å². The summed E-state index contributed by atoms with van der Waals surface area (Å²) in [5.74, 6) is -0.298. The molecule has 1 aliphatic rings. The predicted octanol–water partition coefficient (Wildman–Crippen LogP) is 4.75. The standard InChI is InChI=1S/C29H29FN4O3S/c1-20-8-9-22(18-25(20)30)19-33-13-15-34(16-14-33)29(35)24-10-11-26(21(2)17-24)32-38(36,37)27-7-3-5-23-6-4-12-31-28(23)27/h3-12,17-18,32H,13-16,19H2,1-2H3. The highest BCUT2D eigenvalue weighted by atomic mass is 32.2. The molecular formula is C29H29FN4O3S. The summed E-state index contributed by atoms with van der Waals surface area (Å²) >= 11 is 0. The van der Waals surface area contributed by atoms with Crippen LogP contribution in [0, 0.1) is 19.7 Å². The Morgan fingerprint density at radius 1 is 0.947 bits per heavy atom. The lowest BCUT2D eigenvalue weighted by Crippen LogP contribution is -2.48. The molecule has 0 unspecified atom stereocenters. The highest BCUT2D eigenvalue weighted by Gasteiger charge is 2.24. The number of pyridine rings is 1. The van der Waals surface area contributed by atoms with Crippen molar-refractivity contribution >= 4 is 32.5 Å².